The molecule has 98 valence electrons. The number of carbonyl (C=O) groups is 2. The maximum atomic E-state index is 11.9. The van der Waals surface area contributed by atoms with Crippen LogP contribution in [0.1, 0.15) is 12.8 Å². The summed E-state index contributed by atoms with van der Waals surface area (Å²) in [5.41, 5.74) is 5.16. The molecule has 0 aromatic carbocycles. The second-order valence-corrected chi connectivity index (χ2v) is 4.63. The molecule has 1 fully saturated rings. The number of amides is 2. The Kier molecular flexibility index (Phi) is 5.37. The van der Waals surface area contributed by atoms with Gasteiger partial charge in [-0.25, -0.2) is 0 Å². The number of likely N-dealkylation sites (N-methyl/N-ethyl adjacent to an activating group) is 1. The molecule has 6 nitrogen and oxygen atoms in total. The SMILES string of the molecule is CN(C)CC1CCCN1C(=O)CNC(=O)CN. The zero-order valence-corrected chi connectivity index (χ0v) is 10.6. The Morgan fingerprint density at radius 1 is 1.47 bits per heavy atom. The van der Waals surface area contributed by atoms with Crippen LogP contribution in [0.15, 0.2) is 0 Å². The van der Waals surface area contributed by atoms with Crippen LogP contribution in [0.25, 0.3) is 0 Å². The molecule has 1 rings (SSSR count). The van der Waals surface area contributed by atoms with E-state index in [1.54, 1.807) is 0 Å². The zero-order valence-electron chi connectivity index (χ0n) is 10.6. The maximum absolute atomic E-state index is 11.9. The predicted octanol–water partition coefficient (Wildman–Crippen LogP) is -1.39. The average Bonchev–Trinajstić information content (AvgIpc) is 2.72. The van der Waals surface area contributed by atoms with Gasteiger partial charge >= 0.3 is 0 Å². The minimum absolute atomic E-state index is 0.0175. The second kappa shape index (κ2) is 6.56. The average molecular weight is 242 g/mol. The highest BCUT2D eigenvalue weighted by Crippen LogP contribution is 2.17. The Balaban J connectivity index is 2.41. The van der Waals surface area contributed by atoms with Crippen molar-refractivity contribution in [3.8, 4) is 0 Å². The van der Waals surface area contributed by atoms with Crippen molar-refractivity contribution in [2.24, 2.45) is 5.73 Å². The molecule has 17 heavy (non-hydrogen) atoms. The molecular weight excluding hydrogens is 220 g/mol. The van der Waals surface area contributed by atoms with Gasteiger partial charge in [-0.05, 0) is 26.9 Å². The van der Waals surface area contributed by atoms with Crippen molar-refractivity contribution in [1.29, 1.82) is 0 Å². The van der Waals surface area contributed by atoms with E-state index in [-0.39, 0.29) is 30.9 Å². The van der Waals surface area contributed by atoms with Crippen LogP contribution in [0, 0.1) is 0 Å². The lowest BCUT2D eigenvalue weighted by molar-refractivity contribution is -0.133. The highest BCUT2D eigenvalue weighted by atomic mass is 16.2. The van der Waals surface area contributed by atoms with Crippen molar-refractivity contribution in [2.45, 2.75) is 18.9 Å². The molecule has 3 N–H and O–H groups in total. The lowest BCUT2D eigenvalue weighted by atomic mass is 10.2. The largest absolute Gasteiger partial charge is 0.346 e. The fourth-order valence-electron chi connectivity index (χ4n) is 2.12. The monoisotopic (exact) mass is 242 g/mol. The first-order chi connectivity index (χ1) is 8.04. The Bertz CT molecular complexity index is 281. The maximum Gasteiger partial charge on any atom is 0.242 e. The summed E-state index contributed by atoms with van der Waals surface area (Å²) in [6.07, 6.45) is 2.07. The molecule has 6 heteroatoms. The van der Waals surface area contributed by atoms with Crippen molar-refractivity contribution < 1.29 is 9.59 Å². The number of nitrogens with one attached hydrogen (secondary N) is 1. The van der Waals surface area contributed by atoms with E-state index in [4.69, 9.17) is 5.73 Å². The molecule has 0 aliphatic carbocycles. The van der Waals surface area contributed by atoms with E-state index in [9.17, 15) is 9.59 Å². The van der Waals surface area contributed by atoms with Gasteiger partial charge in [0.2, 0.25) is 11.8 Å². The van der Waals surface area contributed by atoms with E-state index in [1.165, 1.54) is 0 Å². The summed E-state index contributed by atoms with van der Waals surface area (Å²) >= 11 is 0. The van der Waals surface area contributed by atoms with E-state index < -0.39 is 0 Å². The van der Waals surface area contributed by atoms with E-state index in [0.29, 0.717) is 0 Å². The van der Waals surface area contributed by atoms with Gasteiger partial charge in [-0.2, -0.15) is 0 Å². The van der Waals surface area contributed by atoms with Crippen molar-refractivity contribution in [2.75, 3.05) is 40.3 Å². The summed E-state index contributed by atoms with van der Waals surface area (Å²) in [6, 6.07) is 0.271. The van der Waals surface area contributed by atoms with Crippen LogP contribution in [-0.4, -0.2) is 67.9 Å². The fourth-order valence-corrected chi connectivity index (χ4v) is 2.12. The molecule has 2 amide bonds. The first kappa shape index (κ1) is 13.9. The van der Waals surface area contributed by atoms with Gasteiger partial charge in [0.1, 0.15) is 0 Å². The Morgan fingerprint density at radius 2 is 2.18 bits per heavy atom. The Morgan fingerprint density at radius 3 is 2.76 bits per heavy atom. The molecular formula is C11H22N4O2. The van der Waals surface area contributed by atoms with Gasteiger partial charge in [-0.15, -0.1) is 0 Å². The van der Waals surface area contributed by atoms with Crippen molar-refractivity contribution in [3.05, 3.63) is 0 Å². The number of hydrogen-bond donors (Lipinski definition) is 2. The first-order valence-electron chi connectivity index (χ1n) is 5.95. The summed E-state index contributed by atoms with van der Waals surface area (Å²) in [5, 5.41) is 2.51. The number of nitrogens with zero attached hydrogens (tertiary/aromatic N) is 2. The molecule has 0 aromatic heterocycles. The molecule has 1 heterocycles. The topological polar surface area (TPSA) is 78.7 Å². The zero-order chi connectivity index (χ0) is 12.8. The highest BCUT2D eigenvalue weighted by molar-refractivity contribution is 5.85. The van der Waals surface area contributed by atoms with Crippen LogP contribution in [0.5, 0.6) is 0 Å². The van der Waals surface area contributed by atoms with E-state index in [2.05, 4.69) is 10.2 Å². The van der Waals surface area contributed by atoms with Gasteiger partial charge in [0.05, 0.1) is 13.1 Å². The molecule has 0 saturated carbocycles. The quantitative estimate of drug-likeness (QED) is 0.622. The van der Waals surface area contributed by atoms with E-state index >= 15 is 0 Å². The van der Waals surface area contributed by atoms with Gasteiger partial charge < -0.3 is 20.9 Å². The molecule has 1 aliphatic heterocycles. The molecule has 1 saturated heterocycles. The van der Waals surface area contributed by atoms with Crippen LogP contribution in [-0.2, 0) is 9.59 Å². The molecule has 0 bridgehead atoms. The van der Waals surface area contributed by atoms with Crippen LogP contribution in [0.3, 0.4) is 0 Å². The third kappa shape index (κ3) is 4.32. The third-order valence-corrected chi connectivity index (χ3v) is 2.90. The van der Waals surface area contributed by atoms with E-state index in [1.807, 2.05) is 19.0 Å². The lowest BCUT2D eigenvalue weighted by Gasteiger charge is -2.27. The van der Waals surface area contributed by atoms with Gasteiger partial charge in [0.25, 0.3) is 0 Å². The lowest BCUT2D eigenvalue weighted by Crippen LogP contribution is -2.46. The van der Waals surface area contributed by atoms with E-state index in [0.717, 1.165) is 25.9 Å². The summed E-state index contributed by atoms with van der Waals surface area (Å²) < 4.78 is 0. The van der Waals surface area contributed by atoms with Crippen molar-refractivity contribution >= 4 is 11.8 Å². The molecule has 1 unspecified atom stereocenters. The summed E-state index contributed by atoms with van der Waals surface area (Å²) in [4.78, 5) is 26.8. The van der Waals surface area contributed by atoms with Crippen molar-refractivity contribution in [3.63, 3.8) is 0 Å². The minimum Gasteiger partial charge on any atom is -0.346 e. The summed E-state index contributed by atoms with van der Waals surface area (Å²) in [7, 11) is 3.99. The van der Waals surface area contributed by atoms with Gasteiger partial charge in [0, 0.05) is 19.1 Å². The molecule has 1 atom stereocenters. The number of rotatable bonds is 5. The second-order valence-electron chi connectivity index (χ2n) is 4.63. The number of carbonyl (C=O) groups excluding carboxylic acids is 2. The van der Waals surface area contributed by atoms with Gasteiger partial charge in [0.15, 0.2) is 0 Å². The molecule has 0 radical (unpaired) electrons. The standard InChI is InChI=1S/C11H22N4O2/c1-14(2)8-9-4-3-5-15(9)11(17)7-13-10(16)6-12/h9H,3-8,12H2,1-2H3,(H,13,16). The molecule has 1 aliphatic rings. The Labute approximate surface area is 102 Å². The number of nitrogens with two attached hydrogens (primary N) is 1. The van der Waals surface area contributed by atoms with Crippen LogP contribution in [0.4, 0.5) is 0 Å². The smallest absolute Gasteiger partial charge is 0.242 e. The minimum atomic E-state index is -0.290. The van der Waals surface area contributed by atoms with Gasteiger partial charge in [-0.3, -0.25) is 9.59 Å². The number of hydrogen-bond acceptors (Lipinski definition) is 4. The number of likely N-dealkylation sites (tertiary alicyclic amines) is 1. The Hall–Kier alpha value is -1.14. The van der Waals surface area contributed by atoms with Crippen molar-refractivity contribution in [1.82, 2.24) is 15.1 Å². The molecule has 0 spiro atoms. The normalized spacial score (nSPS) is 19.8. The van der Waals surface area contributed by atoms with Crippen LogP contribution < -0.4 is 11.1 Å². The van der Waals surface area contributed by atoms with Crippen LogP contribution in [0.2, 0.25) is 0 Å². The predicted molar refractivity (Wildman–Crippen MR) is 65.4 cm³/mol. The summed E-state index contributed by atoms with van der Waals surface area (Å²) in [6.45, 7) is 1.64. The summed E-state index contributed by atoms with van der Waals surface area (Å²) in [5.74, 6) is -0.308. The fraction of sp³-hybridized carbons (Fsp3) is 0.818. The third-order valence-electron chi connectivity index (χ3n) is 2.90. The van der Waals surface area contributed by atoms with Crippen LogP contribution >= 0.6 is 0 Å². The first-order valence-corrected chi connectivity index (χ1v) is 5.95. The molecule has 0 aromatic rings. The van der Waals surface area contributed by atoms with Gasteiger partial charge in [-0.1, -0.05) is 0 Å². The highest BCUT2D eigenvalue weighted by Gasteiger charge is 2.28.